The van der Waals surface area contributed by atoms with E-state index in [1.165, 1.54) is 11.3 Å². The first-order valence-corrected chi connectivity index (χ1v) is 12.0. The molecule has 1 saturated carbocycles. The molecule has 0 radical (unpaired) electrons. The lowest BCUT2D eigenvalue weighted by Crippen LogP contribution is -2.62. The molecule has 1 fully saturated rings. The summed E-state index contributed by atoms with van der Waals surface area (Å²) in [5.41, 5.74) is 0.997. The molecule has 1 aromatic carbocycles. The number of carbonyl (C=O) groups is 2. The fourth-order valence-corrected chi connectivity index (χ4v) is 5.86. The summed E-state index contributed by atoms with van der Waals surface area (Å²) >= 11 is 1.32. The molecule has 166 valence electrons. The molecular formula is C23H30N4O3S. The van der Waals surface area contributed by atoms with Crippen molar-refractivity contribution in [2.24, 2.45) is 0 Å². The van der Waals surface area contributed by atoms with E-state index in [0.29, 0.717) is 28.9 Å². The van der Waals surface area contributed by atoms with Gasteiger partial charge in [-0.25, -0.2) is 0 Å². The van der Waals surface area contributed by atoms with Gasteiger partial charge in [0.1, 0.15) is 11.6 Å². The molecule has 0 unspecified atom stereocenters. The standard InChI is InChI=1S/C23H30N4O3S/c1-3-4-14-27-21(29)17-11-7-6-10-16(17)19(23(27)12-8-5-9-13-23)20(28)24-22-26-25-18(31-22)15-30-2/h6-7,10-11,19H,3-5,8-9,12-15H2,1-2H3,(H,24,26,28)/t19-/m1/s1. The number of anilines is 1. The molecule has 1 N–H and O–H groups in total. The summed E-state index contributed by atoms with van der Waals surface area (Å²) in [6, 6.07) is 7.60. The second-order valence-electron chi connectivity index (χ2n) is 8.42. The third-order valence-electron chi connectivity index (χ3n) is 6.50. The smallest absolute Gasteiger partial charge is 0.254 e. The average molecular weight is 443 g/mol. The van der Waals surface area contributed by atoms with Gasteiger partial charge >= 0.3 is 0 Å². The molecule has 1 spiro atoms. The first-order chi connectivity index (χ1) is 15.1. The fraction of sp³-hybridized carbons (Fsp3) is 0.565. The minimum atomic E-state index is -0.483. The number of methoxy groups -OCH3 is 1. The number of ether oxygens (including phenoxy) is 1. The second-order valence-corrected chi connectivity index (χ2v) is 9.48. The van der Waals surface area contributed by atoms with Crippen LogP contribution in [0.2, 0.25) is 0 Å². The Morgan fingerprint density at radius 3 is 2.77 bits per heavy atom. The van der Waals surface area contributed by atoms with Crippen molar-refractivity contribution in [3.8, 4) is 0 Å². The van der Waals surface area contributed by atoms with Crippen LogP contribution < -0.4 is 5.32 Å². The minimum absolute atomic E-state index is 0.0632. The Bertz CT molecular complexity index is 938. The first-order valence-electron chi connectivity index (χ1n) is 11.1. The van der Waals surface area contributed by atoms with Gasteiger partial charge < -0.3 is 9.64 Å². The number of carbonyl (C=O) groups excluding carboxylic acids is 2. The van der Waals surface area contributed by atoms with E-state index in [2.05, 4.69) is 22.4 Å². The Balaban J connectivity index is 1.74. The zero-order chi connectivity index (χ0) is 21.8. The van der Waals surface area contributed by atoms with Crippen LogP contribution in [0.4, 0.5) is 5.13 Å². The third-order valence-corrected chi connectivity index (χ3v) is 7.32. The van der Waals surface area contributed by atoms with Crippen LogP contribution in [-0.4, -0.2) is 46.1 Å². The van der Waals surface area contributed by atoms with E-state index in [4.69, 9.17) is 4.74 Å². The maximum atomic E-state index is 13.8. The van der Waals surface area contributed by atoms with Gasteiger partial charge in [-0.05, 0) is 30.9 Å². The van der Waals surface area contributed by atoms with Crippen molar-refractivity contribution in [2.45, 2.75) is 69.9 Å². The Labute approximate surface area is 187 Å². The van der Waals surface area contributed by atoms with Gasteiger partial charge in [0.15, 0.2) is 0 Å². The van der Waals surface area contributed by atoms with Gasteiger partial charge in [-0.2, -0.15) is 0 Å². The van der Waals surface area contributed by atoms with Crippen LogP contribution >= 0.6 is 11.3 Å². The number of hydrogen-bond acceptors (Lipinski definition) is 6. The highest BCUT2D eigenvalue weighted by Gasteiger charge is 2.54. The van der Waals surface area contributed by atoms with Crippen molar-refractivity contribution in [1.82, 2.24) is 15.1 Å². The number of nitrogens with one attached hydrogen (secondary N) is 1. The Kier molecular flexibility index (Phi) is 6.67. The summed E-state index contributed by atoms with van der Waals surface area (Å²) < 4.78 is 5.11. The number of aromatic nitrogens is 2. The highest BCUT2D eigenvalue weighted by Crippen LogP contribution is 2.49. The molecule has 1 aliphatic heterocycles. The van der Waals surface area contributed by atoms with Crippen LogP contribution in [0.15, 0.2) is 24.3 Å². The van der Waals surface area contributed by atoms with Gasteiger partial charge in [0.25, 0.3) is 5.91 Å². The molecule has 0 bridgehead atoms. The van der Waals surface area contributed by atoms with E-state index in [1.54, 1.807) is 7.11 Å². The predicted octanol–water partition coefficient (Wildman–Crippen LogP) is 4.37. The van der Waals surface area contributed by atoms with Gasteiger partial charge in [0, 0.05) is 19.2 Å². The molecule has 8 heteroatoms. The monoisotopic (exact) mass is 442 g/mol. The second kappa shape index (κ2) is 9.44. The van der Waals surface area contributed by atoms with Gasteiger partial charge in [0.05, 0.1) is 11.5 Å². The molecule has 4 rings (SSSR count). The topological polar surface area (TPSA) is 84.4 Å². The lowest BCUT2D eigenvalue weighted by atomic mass is 9.65. The molecule has 2 heterocycles. The number of nitrogens with zero attached hydrogens (tertiary/aromatic N) is 3. The predicted molar refractivity (Wildman–Crippen MR) is 120 cm³/mol. The molecule has 0 saturated heterocycles. The molecular weight excluding hydrogens is 412 g/mol. The fourth-order valence-electron chi connectivity index (χ4n) is 5.15. The number of fused-ring (bicyclic) bond motifs is 1. The summed E-state index contributed by atoms with van der Waals surface area (Å²) in [7, 11) is 1.60. The summed E-state index contributed by atoms with van der Waals surface area (Å²) in [5, 5.41) is 12.4. The number of unbranched alkanes of at least 4 members (excludes halogenated alkanes) is 1. The SMILES string of the molecule is CCCCN1C(=O)c2ccccc2[C@H](C(=O)Nc2nnc(COC)s2)C12CCCCC2. The van der Waals surface area contributed by atoms with E-state index >= 15 is 0 Å². The molecule has 1 aromatic heterocycles. The van der Waals surface area contributed by atoms with Gasteiger partial charge in [-0.15, -0.1) is 10.2 Å². The Morgan fingerprint density at radius 1 is 1.26 bits per heavy atom. The van der Waals surface area contributed by atoms with Crippen molar-refractivity contribution in [1.29, 1.82) is 0 Å². The summed E-state index contributed by atoms with van der Waals surface area (Å²) in [6.45, 7) is 3.18. The van der Waals surface area contributed by atoms with Crippen LogP contribution in [0.3, 0.4) is 0 Å². The number of rotatable bonds is 7. The van der Waals surface area contributed by atoms with Gasteiger partial charge in [-0.1, -0.05) is 62.1 Å². The zero-order valence-electron chi connectivity index (χ0n) is 18.2. The molecule has 2 aromatic rings. The van der Waals surface area contributed by atoms with E-state index < -0.39 is 11.5 Å². The quantitative estimate of drug-likeness (QED) is 0.688. The highest BCUT2D eigenvalue weighted by atomic mass is 32.1. The molecule has 1 aliphatic carbocycles. The average Bonchev–Trinajstić information content (AvgIpc) is 3.21. The van der Waals surface area contributed by atoms with Crippen molar-refractivity contribution in [3.63, 3.8) is 0 Å². The maximum Gasteiger partial charge on any atom is 0.254 e. The summed E-state index contributed by atoms with van der Waals surface area (Å²) in [4.78, 5) is 29.3. The highest BCUT2D eigenvalue weighted by molar-refractivity contribution is 7.15. The number of amides is 2. The third kappa shape index (κ3) is 4.11. The van der Waals surface area contributed by atoms with Crippen LogP contribution in [0.5, 0.6) is 0 Å². The molecule has 2 aliphatic rings. The molecule has 2 amide bonds. The van der Waals surface area contributed by atoms with E-state index in [1.807, 2.05) is 29.2 Å². The van der Waals surface area contributed by atoms with Crippen LogP contribution in [0.25, 0.3) is 0 Å². The zero-order valence-corrected chi connectivity index (χ0v) is 19.0. The van der Waals surface area contributed by atoms with Crippen molar-refractivity contribution < 1.29 is 14.3 Å². The van der Waals surface area contributed by atoms with E-state index in [9.17, 15) is 9.59 Å². The number of benzene rings is 1. The Hall–Kier alpha value is -2.32. The van der Waals surface area contributed by atoms with Crippen LogP contribution in [0, 0.1) is 0 Å². The van der Waals surface area contributed by atoms with Crippen LogP contribution in [-0.2, 0) is 16.1 Å². The largest absolute Gasteiger partial charge is 0.377 e. The van der Waals surface area contributed by atoms with E-state index in [-0.39, 0.29) is 11.8 Å². The van der Waals surface area contributed by atoms with Crippen molar-refractivity contribution >= 4 is 28.3 Å². The summed E-state index contributed by atoms with van der Waals surface area (Å²) in [5.74, 6) is -0.468. The number of hydrogen-bond donors (Lipinski definition) is 1. The lowest BCUT2D eigenvalue weighted by molar-refractivity contribution is -0.122. The van der Waals surface area contributed by atoms with Crippen LogP contribution in [0.1, 0.15) is 78.7 Å². The van der Waals surface area contributed by atoms with Crippen molar-refractivity contribution in [2.75, 3.05) is 19.0 Å². The summed E-state index contributed by atoms with van der Waals surface area (Å²) in [6.07, 6.45) is 6.83. The first kappa shape index (κ1) is 21.9. The Morgan fingerprint density at radius 2 is 2.03 bits per heavy atom. The van der Waals surface area contributed by atoms with E-state index in [0.717, 1.165) is 50.5 Å². The minimum Gasteiger partial charge on any atom is -0.377 e. The molecule has 1 atom stereocenters. The van der Waals surface area contributed by atoms with Gasteiger partial charge in [-0.3, -0.25) is 14.9 Å². The van der Waals surface area contributed by atoms with Crippen molar-refractivity contribution in [3.05, 3.63) is 40.4 Å². The lowest BCUT2D eigenvalue weighted by Gasteiger charge is -2.53. The molecule has 31 heavy (non-hydrogen) atoms. The normalized spacial score (nSPS) is 20.0. The van der Waals surface area contributed by atoms with Gasteiger partial charge in [0.2, 0.25) is 11.0 Å². The molecule has 7 nitrogen and oxygen atoms in total. The maximum absolute atomic E-state index is 13.8.